The van der Waals surface area contributed by atoms with Crippen molar-refractivity contribution in [2.24, 2.45) is 0 Å². The van der Waals surface area contributed by atoms with Gasteiger partial charge in [-0.1, -0.05) is 18.2 Å². The van der Waals surface area contributed by atoms with Crippen LogP contribution in [-0.4, -0.2) is 31.8 Å². The molecular weight excluding hydrogens is 503 g/mol. The number of halogens is 3. The molecule has 0 saturated heterocycles. The third kappa shape index (κ3) is 4.68. The predicted molar refractivity (Wildman–Crippen MR) is 143 cm³/mol. The zero-order valence-electron chi connectivity index (χ0n) is 20.8. The average Bonchev–Trinajstić information content (AvgIpc) is 3.35. The highest BCUT2D eigenvalue weighted by molar-refractivity contribution is 5.98. The summed E-state index contributed by atoms with van der Waals surface area (Å²) in [7, 11) is 0. The quantitative estimate of drug-likeness (QED) is 0.267. The molecule has 0 unspecified atom stereocenters. The molecule has 3 heterocycles. The molecular formula is C30H24F3N5O. The lowest BCUT2D eigenvalue weighted by Gasteiger charge is -2.27. The maximum absolute atomic E-state index is 14.4. The molecule has 6 rings (SSSR count). The van der Waals surface area contributed by atoms with Crippen molar-refractivity contribution < 1.29 is 18.3 Å². The van der Waals surface area contributed by atoms with Crippen LogP contribution in [0, 0.1) is 11.3 Å². The number of benzene rings is 2. The van der Waals surface area contributed by atoms with Gasteiger partial charge in [0.25, 0.3) is 0 Å². The van der Waals surface area contributed by atoms with E-state index in [1.54, 1.807) is 30.5 Å². The summed E-state index contributed by atoms with van der Waals surface area (Å²) < 4.78 is 44.6. The third-order valence-corrected chi connectivity index (χ3v) is 7.35. The van der Waals surface area contributed by atoms with E-state index < -0.39 is 11.7 Å². The number of anilines is 1. The van der Waals surface area contributed by atoms with Gasteiger partial charge in [-0.3, -0.25) is 4.98 Å². The molecule has 0 atom stereocenters. The average molecular weight is 528 g/mol. The second-order valence-corrected chi connectivity index (χ2v) is 9.88. The van der Waals surface area contributed by atoms with Gasteiger partial charge < -0.3 is 15.0 Å². The number of para-hydroxylation sites is 1. The van der Waals surface area contributed by atoms with Crippen molar-refractivity contribution in [1.82, 2.24) is 14.5 Å². The molecule has 6 nitrogen and oxygen atoms in total. The Labute approximate surface area is 222 Å². The van der Waals surface area contributed by atoms with Gasteiger partial charge in [-0.2, -0.15) is 18.4 Å². The number of fused-ring (bicyclic) bond motifs is 2. The van der Waals surface area contributed by atoms with E-state index in [1.807, 2.05) is 30.3 Å². The van der Waals surface area contributed by atoms with Crippen LogP contribution in [0.4, 0.5) is 18.9 Å². The molecule has 196 valence electrons. The smallest absolute Gasteiger partial charge is 0.393 e. The van der Waals surface area contributed by atoms with E-state index in [9.17, 15) is 23.5 Å². The monoisotopic (exact) mass is 527 g/mol. The Bertz CT molecular complexity index is 1730. The summed E-state index contributed by atoms with van der Waals surface area (Å²) in [5.74, 6) is 0. The molecule has 0 bridgehead atoms. The summed E-state index contributed by atoms with van der Waals surface area (Å²) in [6.45, 7) is 0. The normalized spacial score (nSPS) is 17.8. The first kappa shape index (κ1) is 24.9. The van der Waals surface area contributed by atoms with Crippen molar-refractivity contribution >= 4 is 27.6 Å². The van der Waals surface area contributed by atoms with E-state index in [2.05, 4.69) is 21.4 Å². The van der Waals surface area contributed by atoms with Crippen molar-refractivity contribution in [1.29, 1.82) is 5.26 Å². The Morgan fingerprint density at radius 1 is 1.00 bits per heavy atom. The lowest BCUT2D eigenvalue weighted by Crippen LogP contribution is -2.28. The topological polar surface area (TPSA) is 86.8 Å². The number of nitrogens with zero attached hydrogens (tertiary/aromatic N) is 4. The lowest BCUT2D eigenvalue weighted by molar-refractivity contribution is -0.136. The molecule has 5 aromatic rings. The minimum Gasteiger partial charge on any atom is -0.393 e. The molecule has 1 aliphatic carbocycles. The molecule has 2 aromatic carbocycles. The number of pyridine rings is 2. The van der Waals surface area contributed by atoms with Crippen LogP contribution in [0.25, 0.3) is 38.8 Å². The number of nitriles is 1. The zero-order valence-corrected chi connectivity index (χ0v) is 20.8. The summed E-state index contributed by atoms with van der Waals surface area (Å²) in [5, 5.41) is 23.7. The molecule has 39 heavy (non-hydrogen) atoms. The fraction of sp³-hybridized carbons (Fsp3) is 0.233. The van der Waals surface area contributed by atoms with Gasteiger partial charge in [-0.25, -0.2) is 4.98 Å². The molecule has 0 amide bonds. The molecule has 1 saturated carbocycles. The van der Waals surface area contributed by atoms with Gasteiger partial charge in [0.2, 0.25) is 0 Å². The summed E-state index contributed by atoms with van der Waals surface area (Å²) in [4.78, 5) is 8.81. The minimum absolute atomic E-state index is 0.0118. The summed E-state index contributed by atoms with van der Waals surface area (Å²) in [6.07, 6.45) is 2.01. The van der Waals surface area contributed by atoms with Gasteiger partial charge in [-0.15, -0.1) is 0 Å². The highest BCUT2D eigenvalue weighted by Crippen LogP contribution is 2.41. The molecule has 0 radical (unpaired) electrons. The SMILES string of the molecule is N#Cc1ccc(-n2cc(C(F)(F)F)c3c(-c4cnc5ccccc5c4)ccnc32)cc1N[C@H]1CC[C@H](O)CC1. The highest BCUT2D eigenvalue weighted by Gasteiger charge is 2.36. The lowest BCUT2D eigenvalue weighted by atomic mass is 9.93. The molecule has 0 spiro atoms. The maximum Gasteiger partial charge on any atom is 0.418 e. The molecule has 9 heteroatoms. The second-order valence-electron chi connectivity index (χ2n) is 9.88. The summed E-state index contributed by atoms with van der Waals surface area (Å²) in [5.41, 5.74) is 2.45. The minimum atomic E-state index is -4.62. The number of aromatic nitrogens is 3. The fourth-order valence-electron chi connectivity index (χ4n) is 5.36. The Kier molecular flexibility index (Phi) is 6.20. The first-order valence-electron chi connectivity index (χ1n) is 12.7. The molecule has 1 aliphatic rings. The van der Waals surface area contributed by atoms with E-state index in [0.717, 1.165) is 29.9 Å². The molecule has 0 aliphatic heterocycles. The van der Waals surface area contributed by atoms with Crippen molar-refractivity contribution in [2.45, 2.75) is 44.0 Å². The van der Waals surface area contributed by atoms with Crippen LogP contribution < -0.4 is 5.32 Å². The summed E-state index contributed by atoms with van der Waals surface area (Å²) >= 11 is 0. The van der Waals surface area contributed by atoms with Crippen molar-refractivity contribution in [3.63, 3.8) is 0 Å². The molecule has 2 N–H and O–H groups in total. The van der Waals surface area contributed by atoms with Crippen LogP contribution in [-0.2, 0) is 6.18 Å². The Morgan fingerprint density at radius 2 is 1.79 bits per heavy atom. The van der Waals surface area contributed by atoms with E-state index in [0.29, 0.717) is 40.9 Å². The predicted octanol–water partition coefficient (Wildman–Crippen LogP) is 6.85. The van der Waals surface area contributed by atoms with Gasteiger partial charge in [0.15, 0.2) is 0 Å². The first-order chi connectivity index (χ1) is 18.8. The van der Waals surface area contributed by atoms with Crippen molar-refractivity contribution in [3.8, 4) is 22.9 Å². The molecule has 1 fully saturated rings. The highest BCUT2D eigenvalue weighted by atomic mass is 19.4. The number of alkyl halides is 3. The van der Waals surface area contributed by atoms with Gasteiger partial charge in [-0.05, 0) is 67.6 Å². The number of aliphatic hydroxyl groups excluding tert-OH is 1. The van der Waals surface area contributed by atoms with E-state index in [1.165, 1.54) is 10.8 Å². The van der Waals surface area contributed by atoms with Gasteiger partial charge in [0, 0.05) is 46.7 Å². The van der Waals surface area contributed by atoms with Crippen LogP contribution in [0.15, 0.2) is 73.2 Å². The van der Waals surface area contributed by atoms with Crippen LogP contribution in [0.5, 0.6) is 0 Å². The largest absolute Gasteiger partial charge is 0.418 e. The number of aliphatic hydroxyl groups is 1. The van der Waals surface area contributed by atoms with Crippen molar-refractivity contribution in [2.75, 3.05) is 5.32 Å². The second kappa shape index (κ2) is 9.71. The first-order valence-corrected chi connectivity index (χ1v) is 12.7. The maximum atomic E-state index is 14.4. The Balaban J connectivity index is 1.50. The fourth-order valence-corrected chi connectivity index (χ4v) is 5.36. The van der Waals surface area contributed by atoms with Crippen LogP contribution >= 0.6 is 0 Å². The number of rotatable bonds is 4. The third-order valence-electron chi connectivity index (χ3n) is 7.35. The van der Waals surface area contributed by atoms with E-state index in [4.69, 9.17) is 0 Å². The molecule has 3 aromatic heterocycles. The number of hydrogen-bond acceptors (Lipinski definition) is 5. The number of nitrogens with one attached hydrogen (secondary N) is 1. The van der Waals surface area contributed by atoms with Crippen LogP contribution in [0.2, 0.25) is 0 Å². The number of hydrogen-bond donors (Lipinski definition) is 2. The van der Waals surface area contributed by atoms with E-state index in [-0.39, 0.29) is 23.2 Å². The van der Waals surface area contributed by atoms with Crippen molar-refractivity contribution in [3.05, 3.63) is 84.3 Å². The summed E-state index contributed by atoms with van der Waals surface area (Å²) in [6, 6.07) is 18.0. The van der Waals surface area contributed by atoms with Crippen LogP contribution in [0.1, 0.15) is 36.8 Å². The van der Waals surface area contributed by atoms with Gasteiger partial charge in [0.05, 0.1) is 28.4 Å². The Hall–Kier alpha value is -4.42. The zero-order chi connectivity index (χ0) is 27.1. The van der Waals surface area contributed by atoms with Gasteiger partial charge >= 0.3 is 6.18 Å². The van der Waals surface area contributed by atoms with E-state index >= 15 is 0 Å². The Morgan fingerprint density at radius 3 is 2.56 bits per heavy atom. The van der Waals surface area contributed by atoms with Crippen LogP contribution in [0.3, 0.4) is 0 Å². The van der Waals surface area contributed by atoms with Gasteiger partial charge in [0.1, 0.15) is 11.7 Å². The standard InChI is InChI=1S/C30H24F3N5O/c31-30(32,33)25-17-38(22-8-5-19(15-34)27(14-22)37-21-6-9-23(39)10-7-21)29-28(25)24(11-12-35-29)20-13-18-3-1-2-4-26(18)36-16-20/h1-5,8,11-14,16-17,21,23,37,39H,6-7,9-10H2/t21-,23-.